The Bertz CT molecular complexity index is 1240. The van der Waals surface area contributed by atoms with Crippen LogP contribution in [0.25, 0.3) is 0 Å². The number of allylic oxidation sites excluding steroid dienone is 4. The predicted octanol–water partition coefficient (Wildman–Crippen LogP) is 14.6. The molecule has 10 nitrogen and oxygen atoms in total. The molecule has 1 unspecified atom stereocenters. The summed E-state index contributed by atoms with van der Waals surface area (Å²) in [6.07, 6.45) is 44.4. The zero-order valence-corrected chi connectivity index (χ0v) is 43.5. The van der Waals surface area contributed by atoms with Crippen molar-refractivity contribution in [2.75, 3.05) is 6.54 Å². The standard InChI is InChI=1S/C55H103N3O7/c1-9-11-13-15-17-19-21-23-25-27-29-31-33-35-37-39-43-47(42-38-36-34-32-30-28-26-24-22-20-18-16-14-12-10-2)63-52(61)49(46-50(59)64-54(3,4)5)58-51(60)48(56)44-40-41-45-57-53(62)65-55(6,7)8/h23-26,47-49H,9-22,27-46,56H2,1-8H3,(H,57,62)(H,58,60)/b25-23-,26-24-/t47?,48-,49-/m0/s1. The van der Waals surface area contributed by atoms with Crippen molar-refractivity contribution in [3.8, 4) is 0 Å². The molecule has 2 amide bonds. The molecular formula is C55H103N3O7. The molecule has 0 heterocycles. The number of nitrogens with one attached hydrogen (secondary N) is 2. The molecule has 0 rings (SSSR count). The van der Waals surface area contributed by atoms with Crippen LogP contribution in [-0.4, -0.2) is 59.9 Å². The minimum atomic E-state index is -1.21. The van der Waals surface area contributed by atoms with Gasteiger partial charge in [0.2, 0.25) is 5.91 Å². The van der Waals surface area contributed by atoms with Gasteiger partial charge in [0.1, 0.15) is 23.3 Å². The third-order valence-electron chi connectivity index (χ3n) is 11.4. The number of ether oxygens (including phenoxy) is 3. The molecule has 10 heteroatoms. The lowest BCUT2D eigenvalue weighted by molar-refractivity contribution is -0.162. The van der Waals surface area contributed by atoms with Gasteiger partial charge in [-0.05, 0) is 138 Å². The highest BCUT2D eigenvalue weighted by molar-refractivity contribution is 5.90. The fourth-order valence-corrected chi connectivity index (χ4v) is 7.72. The Labute approximate surface area is 399 Å². The van der Waals surface area contributed by atoms with Crippen LogP contribution in [0.15, 0.2) is 24.3 Å². The summed E-state index contributed by atoms with van der Waals surface area (Å²) in [6.45, 7) is 15.6. The highest BCUT2D eigenvalue weighted by Gasteiger charge is 2.31. The molecule has 0 saturated carbocycles. The van der Waals surface area contributed by atoms with Crippen LogP contribution in [0.3, 0.4) is 0 Å². The lowest BCUT2D eigenvalue weighted by atomic mass is 10.0. The van der Waals surface area contributed by atoms with Crippen LogP contribution in [0, 0.1) is 0 Å². The minimum absolute atomic E-state index is 0.298. The molecule has 0 aliphatic heterocycles. The number of amides is 2. The molecule has 0 spiro atoms. The van der Waals surface area contributed by atoms with E-state index in [4.69, 9.17) is 19.9 Å². The van der Waals surface area contributed by atoms with Gasteiger partial charge in [0.05, 0.1) is 12.5 Å². The summed E-state index contributed by atoms with van der Waals surface area (Å²) in [7, 11) is 0. The quantitative estimate of drug-likeness (QED) is 0.0237. The van der Waals surface area contributed by atoms with Gasteiger partial charge in [0.25, 0.3) is 0 Å². The van der Waals surface area contributed by atoms with Crippen LogP contribution in [0.2, 0.25) is 0 Å². The number of alkyl carbamates (subject to hydrolysis) is 1. The number of hydrogen-bond acceptors (Lipinski definition) is 8. The molecule has 65 heavy (non-hydrogen) atoms. The lowest BCUT2D eigenvalue weighted by Crippen LogP contribution is -2.50. The Kier molecular flexibility index (Phi) is 39.5. The summed E-state index contributed by atoms with van der Waals surface area (Å²) in [6, 6.07) is -2.12. The van der Waals surface area contributed by atoms with E-state index in [1.165, 1.54) is 122 Å². The van der Waals surface area contributed by atoms with E-state index < -0.39 is 47.2 Å². The monoisotopic (exact) mass is 918 g/mol. The first-order valence-electron chi connectivity index (χ1n) is 26.8. The van der Waals surface area contributed by atoms with Crippen molar-refractivity contribution in [3.63, 3.8) is 0 Å². The van der Waals surface area contributed by atoms with Crippen LogP contribution in [0.5, 0.6) is 0 Å². The third kappa shape index (κ3) is 43.4. The number of esters is 2. The van der Waals surface area contributed by atoms with Gasteiger partial charge in [-0.1, -0.05) is 147 Å². The van der Waals surface area contributed by atoms with Crippen LogP contribution >= 0.6 is 0 Å². The van der Waals surface area contributed by atoms with Gasteiger partial charge in [0, 0.05) is 6.54 Å². The number of unbranched alkanes of at least 4 members (excludes halogenated alkanes) is 24. The van der Waals surface area contributed by atoms with Crippen molar-refractivity contribution in [2.24, 2.45) is 5.73 Å². The van der Waals surface area contributed by atoms with Crippen molar-refractivity contribution < 1.29 is 33.4 Å². The van der Waals surface area contributed by atoms with E-state index in [1.807, 2.05) is 0 Å². The molecule has 0 aromatic rings. The Morgan fingerprint density at radius 3 is 1.31 bits per heavy atom. The summed E-state index contributed by atoms with van der Waals surface area (Å²) < 4.78 is 17.0. The molecule has 0 fully saturated rings. The summed E-state index contributed by atoms with van der Waals surface area (Å²) in [4.78, 5) is 52.1. The summed E-state index contributed by atoms with van der Waals surface area (Å²) in [5.74, 6) is -1.75. The van der Waals surface area contributed by atoms with Crippen LogP contribution in [-0.2, 0) is 28.6 Å². The Morgan fingerprint density at radius 2 is 0.892 bits per heavy atom. The number of nitrogens with two attached hydrogens (primary N) is 1. The SMILES string of the molecule is CCCCCCCC/C=C\CCCCCCCCC(CCCCCCC/C=C\CCCCCCCC)OC(=O)[C@H](CC(=O)OC(C)(C)C)NC(=O)[C@@H](N)CCCCNC(=O)OC(C)(C)C. The van der Waals surface area contributed by atoms with Gasteiger partial charge < -0.3 is 30.6 Å². The van der Waals surface area contributed by atoms with E-state index in [0.717, 1.165) is 64.2 Å². The molecule has 0 radical (unpaired) electrons. The zero-order valence-electron chi connectivity index (χ0n) is 43.5. The predicted molar refractivity (Wildman–Crippen MR) is 272 cm³/mol. The maximum atomic E-state index is 13.9. The molecule has 0 bridgehead atoms. The number of carbonyl (C=O) groups excluding carboxylic acids is 4. The maximum Gasteiger partial charge on any atom is 0.407 e. The minimum Gasteiger partial charge on any atom is -0.461 e. The second-order valence-corrected chi connectivity index (χ2v) is 20.5. The molecule has 0 aliphatic rings. The van der Waals surface area contributed by atoms with Crippen molar-refractivity contribution in [3.05, 3.63) is 24.3 Å². The molecule has 3 atom stereocenters. The first-order chi connectivity index (χ1) is 31.1. The van der Waals surface area contributed by atoms with E-state index in [1.54, 1.807) is 41.5 Å². The summed E-state index contributed by atoms with van der Waals surface area (Å²) >= 11 is 0. The maximum absolute atomic E-state index is 13.9. The molecule has 0 aromatic carbocycles. The summed E-state index contributed by atoms with van der Waals surface area (Å²) in [5, 5.41) is 5.44. The Balaban J connectivity index is 5.21. The number of rotatable bonds is 42. The van der Waals surface area contributed by atoms with E-state index in [2.05, 4.69) is 48.8 Å². The zero-order chi connectivity index (χ0) is 48.4. The first kappa shape index (κ1) is 62.1. The van der Waals surface area contributed by atoms with Gasteiger partial charge in [-0.15, -0.1) is 0 Å². The lowest BCUT2D eigenvalue weighted by Gasteiger charge is -2.25. The molecular weight excluding hydrogens is 815 g/mol. The van der Waals surface area contributed by atoms with Crippen molar-refractivity contribution in [1.29, 1.82) is 0 Å². The van der Waals surface area contributed by atoms with E-state index in [9.17, 15) is 19.2 Å². The van der Waals surface area contributed by atoms with Gasteiger partial charge >= 0.3 is 18.0 Å². The highest BCUT2D eigenvalue weighted by atomic mass is 16.6. The van der Waals surface area contributed by atoms with Gasteiger partial charge in [0.15, 0.2) is 0 Å². The van der Waals surface area contributed by atoms with E-state index >= 15 is 0 Å². The van der Waals surface area contributed by atoms with Gasteiger partial charge in [-0.2, -0.15) is 0 Å². The van der Waals surface area contributed by atoms with Crippen molar-refractivity contribution in [1.82, 2.24) is 10.6 Å². The van der Waals surface area contributed by atoms with Crippen molar-refractivity contribution >= 4 is 23.9 Å². The van der Waals surface area contributed by atoms with Gasteiger partial charge in [-0.25, -0.2) is 9.59 Å². The van der Waals surface area contributed by atoms with Crippen LogP contribution < -0.4 is 16.4 Å². The topological polar surface area (TPSA) is 146 Å². The average molecular weight is 918 g/mol. The average Bonchev–Trinajstić information content (AvgIpc) is 3.22. The molecule has 380 valence electrons. The highest BCUT2D eigenvalue weighted by Crippen LogP contribution is 2.20. The van der Waals surface area contributed by atoms with E-state index in [-0.39, 0.29) is 12.5 Å². The normalized spacial score (nSPS) is 13.5. The largest absolute Gasteiger partial charge is 0.461 e. The number of hydrogen-bond donors (Lipinski definition) is 3. The van der Waals surface area contributed by atoms with E-state index in [0.29, 0.717) is 25.8 Å². The molecule has 0 saturated heterocycles. The fourth-order valence-electron chi connectivity index (χ4n) is 7.72. The Morgan fingerprint density at radius 1 is 0.508 bits per heavy atom. The van der Waals surface area contributed by atoms with Crippen molar-refractivity contribution in [2.45, 2.75) is 297 Å². The Hall–Kier alpha value is -2.88. The molecule has 0 aromatic heterocycles. The third-order valence-corrected chi connectivity index (χ3v) is 11.4. The molecule has 4 N–H and O–H groups in total. The second kappa shape index (κ2) is 41.3. The smallest absolute Gasteiger partial charge is 0.407 e. The molecule has 0 aliphatic carbocycles. The fraction of sp³-hybridized carbons (Fsp3) is 0.855. The summed E-state index contributed by atoms with van der Waals surface area (Å²) in [5.41, 5.74) is 4.93. The number of carbonyl (C=O) groups is 4. The van der Waals surface area contributed by atoms with Crippen LogP contribution in [0.4, 0.5) is 4.79 Å². The second-order valence-electron chi connectivity index (χ2n) is 20.5. The van der Waals surface area contributed by atoms with Gasteiger partial charge in [-0.3, -0.25) is 9.59 Å². The first-order valence-corrected chi connectivity index (χ1v) is 26.8. The van der Waals surface area contributed by atoms with Crippen LogP contribution in [0.1, 0.15) is 267 Å².